The van der Waals surface area contributed by atoms with Gasteiger partial charge < -0.3 is 9.13 Å². The third-order valence-electron chi connectivity index (χ3n) is 13.8. The van der Waals surface area contributed by atoms with E-state index in [2.05, 4.69) is 112 Å². The lowest BCUT2D eigenvalue weighted by Crippen LogP contribution is -2.07. The van der Waals surface area contributed by atoms with Gasteiger partial charge in [0.15, 0.2) is 5.82 Å². The zero-order valence-electron chi connectivity index (χ0n) is 39.9. The first-order valence-corrected chi connectivity index (χ1v) is 23.8. The van der Waals surface area contributed by atoms with Crippen molar-refractivity contribution in [2.24, 2.45) is 0 Å². The van der Waals surface area contributed by atoms with Gasteiger partial charge in [-0.15, -0.1) is 0 Å². The normalized spacial score (nSPS) is 11.0. The highest BCUT2D eigenvalue weighted by Gasteiger charge is 2.25. The van der Waals surface area contributed by atoms with Crippen molar-refractivity contribution >= 4 is 43.6 Å². The van der Waals surface area contributed by atoms with E-state index in [-0.39, 0.29) is 0 Å². The van der Waals surface area contributed by atoms with Gasteiger partial charge in [-0.2, -0.15) is 26.3 Å². The number of rotatable bonds is 7. The van der Waals surface area contributed by atoms with E-state index in [0.717, 1.165) is 105 Å². The molecule has 0 atom stereocenters. The Balaban J connectivity index is 1.26. The number of nitriles is 5. The van der Waals surface area contributed by atoms with Crippen LogP contribution in [0.3, 0.4) is 0 Å². The van der Waals surface area contributed by atoms with Crippen LogP contribution in [0.1, 0.15) is 39.2 Å². The van der Waals surface area contributed by atoms with E-state index in [1.807, 2.05) is 105 Å². The molecule has 342 valence electrons. The lowest BCUT2D eigenvalue weighted by Gasteiger charge is -2.20. The summed E-state index contributed by atoms with van der Waals surface area (Å²) in [5.41, 5.74) is 16.6. The van der Waals surface area contributed by atoms with E-state index in [0.29, 0.717) is 44.9 Å². The van der Waals surface area contributed by atoms with Gasteiger partial charge >= 0.3 is 0 Å². The first-order chi connectivity index (χ1) is 36.2. The average molecular weight is 944 g/mol. The molecule has 0 spiro atoms. The van der Waals surface area contributed by atoms with Crippen molar-refractivity contribution in [3.8, 4) is 97.6 Å². The van der Waals surface area contributed by atoms with Gasteiger partial charge in [0.25, 0.3) is 0 Å². The van der Waals surface area contributed by atoms with E-state index >= 15 is 0 Å². The molecule has 0 aliphatic rings. The zero-order valence-corrected chi connectivity index (χ0v) is 39.9. The molecular weight excluding hydrogens is 907 g/mol. The summed E-state index contributed by atoms with van der Waals surface area (Å²) in [6.45, 7) is 3.84. The number of aryl methyl sites for hydroxylation is 2. The van der Waals surface area contributed by atoms with E-state index in [1.165, 1.54) is 0 Å². The Hall–Kier alpha value is -10.9. The molecule has 0 saturated heterocycles. The van der Waals surface area contributed by atoms with Crippen LogP contribution in [-0.4, -0.2) is 19.1 Å². The minimum Gasteiger partial charge on any atom is -0.307 e. The Morgan fingerprint density at radius 2 is 0.635 bits per heavy atom. The maximum atomic E-state index is 11.3. The predicted octanol–water partition coefficient (Wildman–Crippen LogP) is 15.0. The summed E-state index contributed by atoms with van der Waals surface area (Å²) in [6, 6.07) is 73.3. The minimum absolute atomic E-state index is 0.364. The molecular formula is C65H37N9. The SMILES string of the molecule is Cc1cc(C)nc(-c2cc(-n3c4cc(-c5cccc(C#N)c5)ccc4c4ccc(-c5cccc(C#N)c5)cc43)c(-n3c4cc(-c5cccc(C#N)c5)ccc4c4ccc(-c5cccc(C#N)c5)cc43)cc2C#N)n1. The van der Waals surface area contributed by atoms with E-state index < -0.39 is 0 Å². The van der Waals surface area contributed by atoms with Crippen molar-refractivity contribution in [2.45, 2.75) is 13.8 Å². The molecule has 0 N–H and O–H groups in total. The Bertz CT molecular complexity index is 4340. The Morgan fingerprint density at radius 1 is 0.324 bits per heavy atom. The van der Waals surface area contributed by atoms with Gasteiger partial charge in [-0.05, 0) is 149 Å². The second-order valence-corrected chi connectivity index (χ2v) is 18.3. The Kier molecular flexibility index (Phi) is 10.7. The molecule has 74 heavy (non-hydrogen) atoms. The van der Waals surface area contributed by atoms with Crippen LogP contribution < -0.4 is 0 Å². The van der Waals surface area contributed by atoms with Crippen LogP contribution in [-0.2, 0) is 0 Å². The summed E-state index contributed by atoms with van der Waals surface area (Å²) in [6.07, 6.45) is 0. The van der Waals surface area contributed by atoms with Crippen LogP contribution in [0, 0.1) is 70.5 Å². The van der Waals surface area contributed by atoms with Crippen LogP contribution in [0.25, 0.3) is 111 Å². The van der Waals surface area contributed by atoms with E-state index in [1.54, 1.807) is 24.3 Å². The van der Waals surface area contributed by atoms with Crippen molar-refractivity contribution in [3.05, 3.63) is 227 Å². The lowest BCUT2D eigenvalue weighted by molar-refractivity contribution is 1.05. The summed E-state index contributed by atoms with van der Waals surface area (Å²) in [5, 5.41) is 55.0. The first kappa shape index (κ1) is 44.3. The molecule has 0 saturated carbocycles. The Labute approximate surface area is 425 Å². The van der Waals surface area contributed by atoms with Crippen LogP contribution in [0.2, 0.25) is 0 Å². The van der Waals surface area contributed by atoms with Gasteiger partial charge in [0.2, 0.25) is 0 Å². The number of benzene rings is 9. The highest BCUT2D eigenvalue weighted by Crippen LogP contribution is 2.44. The fraction of sp³-hybridized carbons (Fsp3) is 0.0308. The van der Waals surface area contributed by atoms with Crippen LogP contribution in [0.4, 0.5) is 0 Å². The molecule has 12 aromatic rings. The van der Waals surface area contributed by atoms with E-state index in [4.69, 9.17) is 9.97 Å². The smallest absolute Gasteiger partial charge is 0.161 e. The maximum absolute atomic E-state index is 11.3. The van der Waals surface area contributed by atoms with Gasteiger partial charge in [-0.25, -0.2) is 9.97 Å². The summed E-state index contributed by atoms with van der Waals surface area (Å²) in [4.78, 5) is 9.87. The predicted molar refractivity (Wildman–Crippen MR) is 291 cm³/mol. The maximum Gasteiger partial charge on any atom is 0.161 e. The molecule has 0 aliphatic carbocycles. The topological polar surface area (TPSA) is 155 Å². The van der Waals surface area contributed by atoms with E-state index in [9.17, 15) is 26.3 Å². The summed E-state index contributed by atoms with van der Waals surface area (Å²) < 4.78 is 4.47. The molecule has 0 fully saturated rings. The van der Waals surface area contributed by atoms with Gasteiger partial charge in [-0.3, -0.25) is 0 Å². The number of hydrogen-bond donors (Lipinski definition) is 0. The highest BCUT2D eigenvalue weighted by atomic mass is 15.1. The molecule has 0 bridgehead atoms. The monoisotopic (exact) mass is 943 g/mol. The third kappa shape index (κ3) is 7.54. The molecule has 0 amide bonds. The second kappa shape index (κ2) is 17.8. The molecule has 0 radical (unpaired) electrons. The zero-order chi connectivity index (χ0) is 50.6. The van der Waals surface area contributed by atoms with Crippen LogP contribution in [0.15, 0.2) is 188 Å². The quantitative estimate of drug-likeness (QED) is 0.154. The molecule has 9 heteroatoms. The fourth-order valence-corrected chi connectivity index (χ4v) is 10.4. The van der Waals surface area contributed by atoms with Gasteiger partial charge in [0.1, 0.15) is 0 Å². The molecule has 9 nitrogen and oxygen atoms in total. The highest BCUT2D eigenvalue weighted by molar-refractivity contribution is 6.14. The summed E-state index contributed by atoms with van der Waals surface area (Å²) >= 11 is 0. The van der Waals surface area contributed by atoms with Gasteiger partial charge in [0.05, 0.1) is 91.6 Å². The number of aromatic nitrogens is 4. The fourth-order valence-electron chi connectivity index (χ4n) is 10.4. The third-order valence-corrected chi connectivity index (χ3v) is 13.8. The van der Waals surface area contributed by atoms with Crippen LogP contribution in [0.5, 0.6) is 0 Å². The summed E-state index contributed by atoms with van der Waals surface area (Å²) in [7, 11) is 0. The second-order valence-electron chi connectivity index (χ2n) is 18.3. The largest absolute Gasteiger partial charge is 0.307 e. The molecule has 3 aromatic heterocycles. The van der Waals surface area contributed by atoms with Crippen molar-refractivity contribution in [1.29, 1.82) is 26.3 Å². The molecule has 0 unspecified atom stereocenters. The molecule has 9 aromatic carbocycles. The minimum atomic E-state index is 0.364. The number of fused-ring (bicyclic) bond motifs is 6. The molecule has 12 rings (SSSR count). The molecule has 0 aliphatic heterocycles. The first-order valence-electron chi connectivity index (χ1n) is 23.8. The van der Waals surface area contributed by atoms with Crippen molar-refractivity contribution in [3.63, 3.8) is 0 Å². The van der Waals surface area contributed by atoms with Gasteiger partial charge in [0, 0.05) is 38.5 Å². The Morgan fingerprint density at radius 3 is 0.946 bits per heavy atom. The van der Waals surface area contributed by atoms with Gasteiger partial charge in [-0.1, -0.05) is 97.1 Å². The number of hydrogen-bond acceptors (Lipinski definition) is 7. The van der Waals surface area contributed by atoms with Crippen molar-refractivity contribution in [2.75, 3.05) is 0 Å². The van der Waals surface area contributed by atoms with Crippen molar-refractivity contribution < 1.29 is 0 Å². The lowest BCUT2D eigenvalue weighted by atomic mass is 10.0. The summed E-state index contributed by atoms with van der Waals surface area (Å²) in [5.74, 6) is 0.414. The standard InChI is InChI=1S/C65H37N9/c1-39-23-40(2)72-65(71-39)58-33-64(74-61-30-51(47-13-5-9-43(26-47)36-68)17-21-56(61)57-22-18-52(31-62(57)74)48-14-6-10-44(27-48)37-69)63(32-53(58)38-70)73-59-28-49(45-11-3-7-41(24-45)34-66)15-19-54(59)55-20-16-50(29-60(55)73)46-12-4-8-42(25-46)35-67/h3-33H,1-2H3. The van der Waals surface area contributed by atoms with Crippen molar-refractivity contribution in [1.82, 2.24) is 19.1 Å². The number of nitrogens with zero attached hydrogens (tertiary/aromatic N) is 9. The molecule has 3 heterocycles. The van der Waals surface area contributed by atoms with Crippen LogP contribution >= 0.6 is 0 Å². The average Bonchev–Trinajstić information content (AvgIpc) is 3.96.